The van der Waals surface area contributed by atoms with Gasteiger partial charge in [0, 0.05) is 10.8 Å². The minimum Gasteiger partial charge on any atom is -0.439 e. The SMILES string of the molecule is O=C(OC(C(F)(F)F)C(F)(F)F)c1c2ccccc2nc2ccccc12. The number of hydrogen-bond acceptors (Lipinski definition) is 3. The number of rotatable bonds is 2. The lowest BCUT2D eigenvalue weighted by Crippen LogP contribution is -2.45. The zero-order valence-corrected chi connectivity index (χ0v) is 12.7. The van der Waals surface area contributed by atoms with Gasteiger partial charge in [-0.1, -0.05) is 36.4 Å². The van der Waals surface area contributed by atoms with Crippen molar-refractivity contribution in [3.63, 3.8) is 0 Å². The standard InChI is InChI=1S/C17H9F6NO2/c18-16(19,20)15(17(21,22)23)26-14(25)13-9-5-1-3-7-11(9)24-12-8-4-2-6-10(12)13/h1-8,15H. The van der Waals surface area contributed by atoms with Crippen molar-refractivity contribution in [3.05, 3.63) is 54.1 Å². The van der Waals surface area contributed by atoms with Crippen molar-refractivity contribution in [1.82, 2.24) is 4.98 Å². The second kappa shape index (κ2) is 6.15. The van der Waals surface area contributed by atoms with Gasteiger partial charge >= 0.3 is 18.3 Å². The van der Waals surface area contributed by atoms with Gasteiger partial charge in [-0.15, -0.1) is 0 Å². The summed E-state index contributed by atoms with van der Waals surface area (Å²) in [5, 5.41) is 0.193. The molecule has 0 N–H and O–H groups in total. The Morgan fingerprint density at radius 2 is 1.23 bits per heavy atom. The number of carbonyl (C=O) groups is 1. The summed E-state index contributed by atoms with van der Waals surface area (Å²) in [6.07, 6.45) is -15.8. The van der Waals surface area contributed by atoms with Gasteiger partial charge in [0.05, 0.1) is 16.6 Å². The smallest absolute Gasteiger partial charge is 0.434 e. The van der Waals surface area contributed by atoms with Crippen molar-refractivity contribution in [1.29, 1.82) is 0 Å². The van der Waals surface area contributed by atoms with E-state index in [0.29, 0.717) is 0 Å². The van der Waals surface area contributed by atoms with Crippen molar-refractivity contribution in [2.75, 3.05) is 0 Å². The maximum absolute atomic E-state index is 12.7. The fourth-order valence-electron chi connectivity index (χ4n) is 2.55. The maximum atomic E-state index is 12.7. The first-order chi connectivity index (χ1) is 12.1. The van der Waals surface area contributed by atoms with E-state index in [0.717, 1.165) is 0 Å². The zero-order chi connectivity index (χ0) is 19.1. The number of esters is 1. The Balaban J connectivity index is 2.18. The summed E-state index contributed by atoms with van der Waals surface area (Å²) in [4.78, 5) is 16.6. The van der Waals surface area contributed by atoms with Crippen molar-refractivity contribution < 1.29 is 35.9 Å². The van der Waals surface area contributed by atoms with Gasteiger partial charge in [0.25, 0.3) is 6.10 Å². The molecule has 0 saturated heterocycles. The molecule has 3 aromatic rings. The molecule has 9 heteroatoms. The Hall–Kier alpha value is -2.84. The number of hydrogen-bond donors (Lipinski definition) is 0. The summed E-state index contributed by atoms with van der Waals surface area (Å²) in [7, 11) is 0. The molecule has 136 valence electrons. The highest BCUT2D eigenvalue weighted by atomic mass is 19.4. The summed E-state index contributed by atoms with van der Waals surface area (Å²) >= 11 is 0. The Morgan fingerprint density at radius 3 is 1.65 bits per heavy atom. The highest BCUT2D eigenvalue weighted by Gasteiger charge is 2.60. The van der Waals surface area contributed by atoms with E-state index in [2.05, 4.69) is 9.72 Å². The minimum atomic E-state index is -5.79. The van der Waals surface area contributed by atoms with E-state index < -0.39 is 30.0 Å². The molecule has 0 saturated carbocycles. The van der Waals surface area contributed by atoms with Crippen molar-refractivity contribution >= 4 is 27.8 Å². The van der Waals surface area contributed by atoms with E-state index in [1.54, 1.807) is 12.1 Å². The third-order valence-electron chi connectivity index (χ3n) is 3.61. The van der Waals surface area contributed by atoms with Crippen molar-refractivity contribution in [3.8, 4) is 0 Å². The van der Waals surface area contributed by atoms with Crippen LogP contribution in [-0.2, 0) is 4.74 Å². The Labute approximate surface area is 142 Å². The monoisotopic (exact) mass is 373 g/mol. The third-order valence-corrected chi connectivity index (χ3v) is 3.61. The van der Waals surface area contributed by atoms with Gasteiger partial charge in [0.15, 0.2) is 0 Å². The first-order valence-electron chi connectivity index (χ1n) is 7.21. The number of benzene rings is 2. The topological polar surface area (TPSA) is 39.2 Å². The van der Waals surface area contributed by atoms with Crippen LogP contribution in [0, 0.1) is 0 Å². The lowest BCUT2D eigenvalue weighted by Gasteiger charge is -2.23. The third kappa shape index (κ3) is 3.29. The highest BCUT2D eigenvalue weighted by molar-refractivity contribution is 6.14. The highest BCUT2D eigenvalue weighted by Crippen LogP contribution is 2.37. The van der Waals surface area contributed by atoms with Crippen molar-refractivity contribution in [2.24, 2.45) is 0 Å². The molecular formula is C17H9F6NO2. The van der Waals surface area contributed by atoms with Gasteiger partial charge in [-0.3, -0.25) is 0 Å². The van der Waals surface area contributed by atoms with E-state index in [4.69, 9.17) is 0 Å². The molecule has 0 unspecified atom stereocenters. The van der Waals surface area contributed by atoms with Gasteiger partial charge in [0.1, 0.15) is 0 Å². The number of nitrogens with zero attached hydrogens (tertiary/aromatic N) is 1. The number of para-hydroxylation sites is 2. The normalized spacial score (nSPS) is 12.7. The molecule has 0 radical (unpaired) electrons. The Kier molecular flexibility index (Phi) is 4.25. The quantitative estimate of drug-likeness (QED) is 0.359. The molecule has 0 aliphatic rings. The van der Waals surface area contributed by atoms with Crippen molar-refractivity contribution in [2.45, 2.75) is 18.5 Å². The molecule has 0 atom stereocenters. The molecule has 26 heavy (non-hydrogen) atoms. The second-order valence-electron chi connectivity index (χ2n) is 5.39. The minimum absolute atomic E-state index is 0.0966. The fraction of sp³-hybridized carbons (Fsp3) is 0.176. The molecule has 0 aliphatic carbocycles. The molecule has 2 aromatic carbocycles. The van der Waals surface area contributed by atoms with Crippen LogP contribution in [0.1, 0.15) is 10.4 Å². The van der Waals surface area contributed by atoms with Crippen LogP contribution >= 0.6 is 0 Å². The molecule has 0 spiro atoms. The van der Waals surface area contributed by atoms with Gasteiger partial charge in [0.2, 0.25) is 0 Å². The lowest BCUT2D eigenvalue weighted by atomic mass is 10.0. The number of pyridine rings is 1. The van der Waals surface area contributed by atoms with Gasteiger partial charge in [-0.05, 0) is 12.1 Å². The van der Waals surface area contributed by atoms with Gasteiger partial charge in [-0.2, -0.15) is 26.3 Å². The van der Waals surface area contributed by atoms with Crippen LogP contribution in [0.5, 0.6) is 0 Å². The molecule has 0 fully saturated rings. The van der Waals surface area contributed by atoms with Crippen LogP contribution in [0.4, 0.5) is 26.3 Å². The number of fused-ring (bicyclic) bond motifs is 2. The lowest BCUT2D eigenvalue weighted by molar-refractivity contribution is -0.307. The predicted molar refractivity (Wildman–Crippen MR) is 80.6 cm³/mol. The summed E-state index contributed by atoms with van der Waals surface area (Å²) < 4.78 is 80.1. The number of carbonyl (C=O) groups excluding carboxylic acids is 1. The van der Waals surface area contributed by atoms with Crippen LogP contribution in [0.15, 0.2) is 48.5 Å². The van der Waals surface area contributed by atoms with Crippen LogP contribution in [0.3, 0.4) is 0 Å². The van der Waals surface area contributed by atoms with Crippen LogP contribution in [0.25, 0.3) is 21.8 Å². The Morgan fingerprint density at radius 1 is 0.808 bits per heavy atom. The first-order valence-corrected chi connectivity index (χ1v) is 7.21. The van der Waals surface area contributed by atoms with Crippen LogP contribution in [0.2, 0.25) is 0 Å². The summed E-state index contributed by atoms with van der Waals surface area (Å²) in [6.45, 7) is 0. The molecule has 3 rings (SSSR count). The number of aromatic nitrogens is 1. The van der Waals surface area contributed by atoms with E-state index in [1.165, 1.54) is 36.4 Å². The Bertz CT molecular complexity index is 912. The van der Waals surface area contributed by atoms with E-state index in [9.17, 15) is 31.1 Å². The summed E-state index contributed by atoms with van der Waals surface area (Å²) in [6, 6.07) is 11.9. The molecule has 1 aromatic heterocycles. The molecule has 0 bridgehead atoms. The summed E-state index contributed by atoms with van der Waals surface area (Å²) in [5.74, 6) is -1.72. The fourth-order valence-corrected chi connectivity index (χ4v) is 2.55. The first kappa shape index (κ1) is 18.0. The maximum Gasteiger partial charge on any atom is 0.434 e. The number of halogens is 6. The van der Waals surface area contributed by atoms with Crippen LogP contribution < -0.4 is 0 Å². The van der Waals surface area contributed by atoms with Crippen LogP contribution in [-0.4, -0.2) is 29.4 Å². The average Bonchev–Trinajstić information content (AvgIpc) is 2.55. The zero-order valence-electron chi connectivity index (χ0n) is 12.7. The predicted octanol–water partition coefficient (Wildman–Crippen LogP) is 5.04. The second-order valence-corrected chi connectivity index (χ2v) is 5.39. The van der Waals surface area contributed by atoms with E-state index in [1.807, 2.05) is 0 Å². The number of alkyl halides is 6. The molecule has 3 nitrogen and oxygen atoms in total. The van der Waals surface area contributed by atoms with E-state index in [-0.39, 0.29) is 21.8 Å². The molecule has 0 aliphatic heterocycles. The number of ether oxygens (including phenoxy) is 1. The molecular weight excluding hydrogens is 364 g/mol. The largest absolute Gasteiger partial charge is 0.439 e. The average molecular weight is 373 g/mol. The van der Waals surface area contributed by atoms with Gasteiger partial charge < -0.3 is 4.74 Å². The molecule has 1 heterocycles. The summed E-state index contributed by atoms with van der Waals surface area (Å²) in [5.41, 5.74) is 0.0899. The van der Waals surface area contributed by atoms with E-state index >= 15 is 0 Å². The molecule has 0 amide bonds. The van der Waals surface area contributed by atoms with Gasteiger partial charge in [-0.25, -0.2) is 9.78 Å².